The van der Waals surface area contributed by atoms with E-state index in [9.17, 15) is 9.59 Å². The Kier molecular flexibility index (Phi) is 8.25. The third kappa shape index (κ3) is 6.11. The lowest BCUT2D eigenvalue weighted by Crippen LogP contribution is -2.76. The first-order valence-corrected chi connectivity index (χ1v) is 13.7. The molecule has 0 aliphatic carbocycles. The Morgan fingerprint density at radius 2 is 1.67 bits per heavy atom. The Morgan fingerprint density at radius 3 is 2.36 bits per heavy atom. The normalized spacial score (nSPS) is 30.6. The number of aliphatic carboxylic acids is 1. The summed E-state index contributed by atoms with van der Waals surface area (Å²) in [6.07, 6.45) is 8.24. The van der Waals surface area contributed by atoms with Crippen LogP contribution in [0.1, 0.15) is 51.4 Å². The lowest BCUT2D eigenvalue weighted by atomic mass is 9.91. The molecule has 0 bridgehead atoms. The molecule has 4 atom stereocenters. The number of carbonyl (C=O) groups is 2. The largest absolute Gasteiger partial charge is 0.481 e. The minimum atomic E-state index is -0.700. The first-order chi connectivity index (χ1) is 17.6. The minimum absolute atomic E-state index is 0.00396. The number of benzene rings is 1. The number of carboxylic acids is 1. The smallest absolute Gasteiger partial charge is 0.303 e. The monoisotopic (exact) mass is 499 g/mol. The van der Waals surface area contributed by atoms with Crippen molar-refractivity contribution >= 4 is 23.3 Å². The average molecular weight is 500 g/mol. The highest BCUT2D eigenvalue weighted by Gasteiger charge is 2.44. The predicted octanol–water partition coefficient (Wildman–Crippen LogP) is 1.48. The summed E-state index contributed by atoms with van der Waals surface area (Å²) in [5.41, 5.74) is 8.00. The maximum absolute atomic E-state index is 12.8. The summed E-state index contributed by atoms with van der Waals surface area (Å²) in [6, 6.07) is 8.45. The van der Waals surface area contributed by atoms with Crippen LogP contribution in [0.3, 0.4) is 0 Å². The summed E-state index contributed by atoms with van der Waals surface area (Å²) in [5.74, 6) is -0.661. The van der Waals surface area contributed by atoms with Crippen LogP contribution >= 0.6 is 0 Å². The van der Waals surface area contributed by atoms with E-state index in [-0.39, 0.29) is 42.7 Å². The van der Waals surface area contributed by atoms with Gasteiger partial charge in [-0.15, -0.1) is 0 Å². The zero-order valence-electron chi connectivity index (χ0n) is 21.0. The highest BCUT2D eigenvalue weighted by atomic mass is 16.4. The molecule has 4 aliphatic heterocycles. The molecule has 198 valence electrons. The number of rotatable bonds is 6. The molecule has 4 fully saturated rings. The van der Waals surface area contributed by atoms with E-state index in [1.165, 1.54) is 32.1 Å². The Hall–Kier alpha value is -2.40. The molecule has 4 saturated heterocycles. The molecule has 6 N–H and O–H groups in total. The molecule has 1 aromatic carbocycles. The number of carbonyl (C=O) groups excluding carboxylic acids is 1. The van der Waals surface area contributed by atoms with Crippen molar-refractivity contribution in [3.05, 3.63) is 24.3 Å². The van der Waals surface area contributed by atoms with Gasteiger partial charge in [0.05, 0.1) is 12.1 Å². The zero-order valence-corrected chi connectivity index (χ0v) is 21.0. The number of hydrogen-bond acceptors (Lipinski definition) is 8. The molecule has 10 nitrogen and oxygen atoms in total. The summed E-state index contributed by atoms with van der Waals surface area (Å²) >= 11 is 0. The van der Waals surface area contributed by atoms with Crippen molar-refractivity contribution in [3.8, 4) is 0 Å². The number of likely N-dealkylation sites (tertiary alicyclic amines) is 1. The van der Waals surface area contributed by atoms with Crippen molar-refractivity contribution in [2.75, 3.05) is 42.9 Å². The van der Waals surface area contributed by atoms with Gasteiger partial charge in [-0.1, -0.05) is 19.3 Å². The van der Waals surface area contributed by atoms with E-state index in [4.69, 9.17) is 5.11 Å². The first-order valence-electron chi connectivity index (χ1n) is 13.7. The van der Waals surface area contributed by atoms with Crippen molar-refractivity contribution in [2.24, 2.45) is 11.8 Å². The van der Waals surface area contributed by atoms with Gasteiger partial charge in [0.15, 0.2) is 0 Å². The predicted molar refractivity (Wildman–Crippen MR) is 139 cm³/mol. The van der Waals surface area contributed by atoms with Crippen molar-refractivity contribution in [1.82, 2.24) is 26.4 Å². The second-order valence-corrected chi connectivity index (χ2v) is 10.7. The van der Waals surface area contributed by atoms with Crippen LogP contribution in [0.4, 0.5) is 11.4 Å². The van der Waals surface area contributed by atoms with Crippen LogP contribution < -0.4 is 31.7 Å². The first kappa shape index (κ1) is 25.3. The van der Waals surface area contributed by atoms with E-state index in [2.05, 4.69) is 60.9 Å². The Morgan fingerprint density at radius 1 is 0.972 bits per heavy atom. The third-order valence-electron chi connectivity index (χ3n) is 8.23. The second kappa shape index (κ2) is 11.8. The number of anilines is 2. The minimum Gasteiger partial charge on any atom is -0.481 e. The summed E-state index contributed by atoms with van der Waals surface area (Å²) in [6.45, 7) is 4.58. The van der Waals surface area contributed by atoms with Crippen LogP contribution in [0, 0.1) is 11.8 Å². The van der Waals surface area contributed by atoms with Crippen LogP contribution in [-0.2, 0) is 9.59 Å². The molecular weight excluding hydrogens is 458 g/mol. The number of nitrogens with one attached hydrogen (secondary N) is 5. The van der Waals surface area contributed by atoms with Gasteiger partial charge in [0.2, 0.25) is 5.91 Å². The summed E-state index contributed by atoms with van der Waals surface area (Å²) in [7, 11) is 0. The molecule has 4 unspecified atom stereocenters. The van der Waals surface area contributed by atoms with E-state index < -0.39 is 5.97 Å². The molecule has 36 heavy (non-hydrogen) atoms. The van der Waals surface area contributed by atoms with Gasteiger partial charge >= 0.3 is 5.97 Å². The van der Waals surface area contributed by atoms with E-state index in [1.54, 1.807) is 0 Å². The van der Waals surface area contributed by atoms with Gasteiger partial charge in [0.25, 0.3) is 0 Å². The van der Waals surface area contributed by atoms with E-state index in [1.807, 2.05) is 0 Å². The van der Waals surface area contributed by atoms with Crippen molar-refractivity contribution < 1.29 is 14.7 Å². The van der Waals surface area contributed by atoms with Crippen molar-refractivity contribution in [3.63, 3.8) is 0 Å². The Balaban J connectivity index is 1.24. The maximum Gasteiger partial charge on any atom is 0.303 e. The standard InChI is InChI=1S/C26H41N7O3/c34-22(35)16-18-10-14-32(15-11-18)20-8-6-19(7-9-20)28-24-23-21(17-27-31-25(23)36)29-26(30-24)33-12-4-2-1-3-5-13-33/h6-9,18,21,23-24,26-30H,1-5,10-17H2,(H,31,36)(H,34,35). The molecule has 5 rings (SSSR count). The summed E-state index contributed by atoms with van der Waals surface area (Å²) in [5, 5.41) is 20.1. The second-order valence-electron chi connectivity index (χ2n) is 10.7. The van der Waals surface area contributed by atoms with E-state index in [0.717, 1.165) is 50.4 Å². The Bertz CT molecular complexity index is 882. The third-order valence-corrected chi connectivity index (χ3v) is 8.23. The lowest BCUT2D eigenvalue weighted by Gasteiger charge is -2.49. The molecule has 0 radical (unpaired) electrons. The SMILES string of the molecule is O=C(O)CC1CCN(c2ccc(NC3NC(N4CCCCCCC4)NC4CNNC(=O)C43)cc2)CC1. The number of piperidine rings is 1. The van der Waals surface area contributed by atoms with Crippen LogP contribution in [0.5, 0.6) is 0 Å². The number of carboxylic acid groups (broad SMARTS) is 1. The number of hydrogen-bond donors (Lipinski definition) is 6. The van der Waals surface area contributed by atoms with Gasteiger partial charge in [-0.2, -0.15) is 0 Å². The highest BCUT2D eigenvalue weighted by molar-refractivity contribution is 5.81. The quantitative estimate of drug-likeness (QED) is 0.346. The molecule has 0 spiro atoms. The molecule has 0 saturated carbocycles. The fraction of sp³-hybridized carbons (Fsp3) is 0.692. The topological polar surface area (TPSA) is 121 Å². The molecule has 10 heteroatoms. The van der Waals surface area contributed by atoms with Gasteiger partial charge in [-0.05, 0) is 55.9 Å². The Labute approximate surface area is 213 Å². The van der Waals surface area contributed by atoms with Crippen LogP contribution in [-0.4, -0.2) is 73.1 Å². The lowest BCUT2D eigenvalue weighted by molar-refractivity contribution is -0.138. The van der Waals surface area contributed by atoms with Crippen LogP contribution in [0.15, 0.2) is 24.3 Å². The maximum atomic E-state index is 12.8. The number of nitrogens with zero attached hydrogens (tertiary/aromatic N) is 2. The molecule has 0 aromatic heterocycles. The van der Waals surface area contributed by atoms with Gasteiger partial charge in [0, 0.05) is 56.6 Å². The van der Waals surface area contributed by atoms with E-state index >= 15 is 0 Å². The van der Waals surface area contributed by atoms with Crippen molar-refractivity contribution in [1.29, 1.82) is 0 Å². The van der Waals surface area contributed by atoms with Gasteiger partial charge in [0.1, 0.15) is 6.29 Å². The molecule has 1 aromatic rings. The summed E-state index contributed by atoms with van der Waals surface area (Å²) in [4.78, 5) is 28.6. The average Bonchev–Trinajstić information content (AvgIpc) is 2.84. The van der Waals surface area contributed by atoms with Crippen LogP contribution in [0.2, 0.25) is 0 Å². The number of amides is 1. The van der Waals surface area contributed by atoms with Gasteiger partial charge in [-0.3, -0.25) is 30.5 Å². The molecule has 1 amide bonds. The zero-order chi connectivity index (χ0) is 24.9. The van der Waals surface area contributed by atoms with E-state index in [0.29, 0.717) is 6.54 Å². The fourth-order valence-corrected chi connectivity index (χ4v) is 6.17. The fourth-order valence-electron chi connectivity index (χ4n) is 6.17. The van der Waals surface area contributed by atoms with Crippen LogP contribution in [0.25, 0.3) is 0 Å². The summed E-state index contributed by atoms with van der Waals surface area (Å²) < 4.78 is 0. The van der Waals surface area contributed by atoms with Crippen molar-refractivity contribution in [2.45, 2.75) is 69.9 Å². The van der Waals surface area contributed by atoms with Gasteiger partial charge in [-0.25, -0.2) is 5.43 Å². The highest BCUT2D eigenvalue weighted by Crippen LogP contribution is 2.28. The number of hydrazine groups is 1. The number of fused-ring (bicyclic) bond motifs is 1. The van der Waals surface area contributed by atoms with Gasteiger partial charge < -0.3 is 15.3 Å². The molecule has 4 aliphatic rings. The molecular formula is C26H41N7O3. The molecule has 4 heterocycles.